The first-order valence-corrected chi connectivity index (χ1v) is 13.8. The second-order valence-corrected chi connectivity index (χ2v) is 12.6. The van der Waals surface area contributed by atoms with Gasteiger partial charge < -0.3 is 14.2 Å². The van der Waals surface area contributed by atoms with Crippen LogP contribution in [0.15, 0.2) is 65.3 Å². The van der Waals surface area contributed by atoms with Gasteiger partial charge in [0.1, 0.15) is 12.4 Å². The number of ether oxygens (including phenoxy) is 1. The van der Waals surface area contributed by atoms with Crippen molar-refractivity contribution >= 4 is 39.0 Å². The van der Waals surface area contributed by atoms with Crippen LogP contribution >= 0.6 is 15.9 Å². The van der Waals surface area contributed by atoms with Crippen LogP contribution in [-0.2, 0) is 17.8 Å². The van der Waals surface area contributed by atoms with Crippen LogP contribution in [0.4, 0.5) is 0 Å². The van der Waals surface area contributed by atoms with Crippen molar-refractivity contribution in [2.45, 2.75) is 54.6 Å². The molecule has 0 saturated carbocycles. The van der Waals surface area contributed by atoms with Gasteiger partial charge in [-0.3, -0.25) is 19.4 Å². The number of hydrogen-bond acceptors (Lipinski definition) is 5. The third-order valence-corrected chi connectivity index (χ3v) is 7.24. The number of carboxylic acids is 1. The summed E-state index contributed by atoms with van der Waals surface area (Å²) in [5.41, 5.74) is 1.53. The zero-order chi connectivity index (χ0) is 29.4. The van der Waals surface area contributed by atoms with Gasteiger partial charge in [-0.15, -0.1) is 0 Å². The van der Waals surface area contributed by atoms with E-state index in [1.54, 1.807) is 54.8 Å². The highest BCUT2D eigenvalue weighted by atomic mass is 79.9. The van der Waals surface area contributed by atoms with Crippen LogP contribution in [0.2, 0.25) is 0 Å². The Hall–Kier alpha value is -3.78. The molecule has 208 valence electrons. The van der Waals surface area contributed by atoms with Crippen LogP contribution in [0.25, 0.3) is 5.52 Å². The summed E-state index contributed by atoms with van der Waals surface area (Å²) in [5.74, 6) is -1.01. The maximum atomic E-state index is 14.1. The lowest BCUT2D eigenvalue weighted by atomic mass is 9.79. The molecule has 3 aromatic heterocycles. The SMILES string of the molecule is Cc1cccc(COc2ccn3c(C(=O)c4cccc(Br)c4)c(CC(C)(C)C(=O)O)c(C(=O)C(C)(C)C)c3c2)n1. The maximum Gasteiger partial charge on any atom is 0.309 e. The fourth-order valence-electron chi connectivity index (χ4n) is 4.54. The molecular formula is C32H33BrN2O5. The van der Waals surface area contributed by atoms with E-state index in [0.717, 1.165) is 15.9 Å². The number of carbonyl (C=O) groups excluding carboxylic acids is 2. The van der Waals surface area contributed by atoms with Crippen molar-refractivity contribution in [2.24, 2.45) is 10.8 Å². The molecule has 0 aliphatic rings. The molecule has 3 heterocycles. The number of rotatable bonds is 9. The van der Waals surface area contributed by atoms with E-state index in [1.807, 2.05) is 52.0 Å². The Kier molecular flexibility index (Phi) is 8.04. The van der Waals surface area contributed by atoms with Gasteiger partial charge in [-0.2, -0.15) is 0 Å². The van der Waals surface area contributed by atoms with Crippen molar-refractivity contribution in [3.05, 3.63) is 99.0 Å². The molecule has 0 saturated heterocycles. The average Bonchev–Trinajstić information content (AvgIpc) is 3.18. The first kappa shape index (κ1) is 29.2. The fraction of sp³-hybridized carbons (Fsp3) is 0.312. The number of aromatic nitrogens is 2. The molecule has 4 rings (SSSR count). The predicted molar refractivity (Wildman–Crippen MR) is 157 cm³/mol. The van der Waals surface area contributed by atoms with Crippen molar-refractivity contribution in [3.8, 4) is 5.75 Å². The molecular weight excluding hydrogens is 572 g/mol. The Bertz CT molecular complexity index is 1630. The van der Waals surface area contributed by atoms with E-state index in [0.29, 0.717) is 28.0 Å². The monoisotopic (exact) mass is 604 g/mol. The molecule has 0 radical (unpaired) electrons. The molecule has 1 N–H and O–H groups in total. The lowest BCUT2D eigenvalue weighted by Gasteiger charge is -2.22. The number of pyridine rings is 2. The Balaban J connectivity index is 1.96. The van der Waals surface area contributed by atoms with Crippen LogP contribution < -0.4 is 4.74 Å². The normalized spacial score (nSPS) is 12.0. The number of fused-ring (bicyclic) bond motifs is 1. The van der Waals surface area contributed by atoms with Gasteiger partial charge in [0.05, 0.1) is 22.3 Å². The smallest absolute Gasteiger partial charge is 0.309 e. The lowest BCUT2D eigenvalue weighted by Crippen LogP contribution is -2.29. The number of nitrogens with zero attached hydrogens (tertiary/aromatic N) is 2. The van der Waals surface area contributed by atoms with Gasteiger partial charge in [0, 0.05) is 39.0 Å². The number of halogens is 1. The highest BCUT2D eigenvalue weighted by Crippen LogP contribution is 2.37. The maximum absolute atomic E-state index is 14.1. The molecule has 4 aromatic rings. The minimum Gasteiger partial charge on any atom is -0.487 e. The number of aliphatic carboxylic acids is 1. The van der Waals surface area contributed by atoms with Crippen molar-refractivity contribution in [1.29, 1.82) is 0 Å². The van der Waals surface area contributed by atoms with E-state index in [1.165, 1.54) is 0 Å². The first-order chi connectivity index (χ1) is 18.7. The molecule has 7 nitrogen and oxygen atoms in total. The van der Waals surface area contributed by atoms with E-state index in [-0.39, 0.29) is 30.3 Å². The summed E-state index contributed by atoms with van der Waals surface area (Å²) in [5, 5.41) is 9.98. The van der Waals surface area contributed by atoms with Crippen LogP contribution in [0.1, 0.15) is 78.0 Å². The zero-order valence-corrected chi connectivity index (χ0v) is 25.1. The van der Waals surface area contributed by atoms with Gasteiger partial charge in [-0.25, -0.2) is 0 Å². The quantitative estimate of drug-likeness (QED) is 0.205. The highest BCUT2D eigenvalue weighted by molar-refractivity contribution is 9.10. The Labute approximate surface area is 242 Å². The van der Waals surface area contributed by atoms with Crippen molar-refractivity contribution < 1.29 is 24.2 Å². The second kappa shape index (κ2) is 11.0. The first-order valence-electron chi connectivity index (χ1n) is 13.0. The summed E-state index contributed by atoms with van der Waals surface area (Å²) in [4.78, 5) is 44.7. The third-order valence-electron chi connectivity index (χ3n) is 6.75. The van der Waals surface area contributed by atoms with E-state index in [2.05, 4.69) is 20.9 Å². The third kappa shape index (κ3) is 6.02. The van der Waals surface area contributed by atoms with E-state index < -0.39 is 16.8 Å². The molecule has 0 aliphatic heterocycles. The van der Waals surface area contributed by atoms with E-state index >= 15 is 0 Å². The zero-order valence-electron chi connectivity index (χ0n) is 23.5. The summed E-state index contributed by atoms with van der Waals surface area (Å²) in [6, 6.07) is 16.2. The van der Waals surface area contributed by atoms with Gasteiger partial charge >= 0.3 is 5.97 Å². The summed E-state index contributed by atoms with van der Waals surface area (Å²) in [6.45, 7) is 10.8. The molecule has 1 aromatic carbocycles. The van der Waals surface area contributed by atoms with Gasteiger partial charge in [0.15, 0.2) is 5.78 Å². The van der Waals surface area contributed by atoms with Crippen molar-refractivity contribution in [3.63, 3.8) is 0 Å². The molecule has 0 unspecified atom stereocenters. The standard InChI is InChI=1S/C32H33BrN2O5/c1-19-9-7-12-22(34-19)18-40-23-13-14-35-25(16-23)26(29(37)31(2,3)4)24(17-32(5,6)30(38)39)27(35)28(36)20-10-8-11-21(33)15-20/h7-16H,17-18H2,1-6H3,(H,38,39). The number of aryl methyl sites for hydroxylation is 1. The average molecular weight is 606 g/mol. The van der Waals surface area contributed by atoms with Crippen LogP contribution in [0, 0.1) is 17.8 Å². The summed E-state index contributed by atoms with van der Waals surface area (Å²) < 4.78 is 8.47. The van der Waals surface area contributed by atoms with Crippen molar-refractivity contribution in [1.82, 2.24) is 9.38 Å². The molecule has 8 heteroatoms. The van der Waals surface area contributed by atoms with Crippen LogP contribution in [-0.4, -0.2) is 32.0 Å². The summed E-state index contributed by atoms with van der Waals surface area (Å²) >= 11 is 3.43. The number of ketones is 2. The number of benzene rings is 1. The molecule has 0 bridgehead atoms. The Morgan fingerprint density at radius 1 is 1.00 bits per heavy atom. The number of Topliss-reactive ketones (excluding diaryl/α,β-unsaturated/α-hetero) is 1. The topological polar surface area (TPSA) is 98.0 Å². The number of hydrogen-bond donors (Lipinski definition) is 1. The molecule has 0 spiro atoms. The summed E-state index contributed by atoms with van der Waals surface area (Å²) in [7, 11) is 0. The molecule has 40 heavy (non-hydrogen) atoms. The number of carbonyl (C=O) groups is 3. The van der Waals surface area contributed by atoms with Crippen LogP contribution in [0.3, 0.4) is 0 Å². The van der Waals surface area contributed by atoms with Gasteiger partial charge in [0.2, 0.25) is 5.78 Å². The number of carboxylic acid groups (broad SMARTS) is 1. The van der Waals surface area contributed by atoms with E-state index in [9.17, 15) is 19.5 Å². The van der Waals surface area contributed by atoms with Crippen LogP contribution in [0.5, 0.6) is 5.75 Å². The molecule has 0 atom stereocenters. The Morgan fingerprint density at radius 3 is 2.33 bits per heavy atom. The largest absolute Gasteiger partial charge is 0.487 e. The second-order valence-electron chi connectivity index (χ2n) is 11.7. The lowest BCUT2D eigenvalue weighted by molar-refractivity contribution is -0.146. The molecule has 0 fully saturated rings. The van der Waals surface area contributed by atoms with Gasteiger partial charge in [-0.1, -0.05) is 54.9 Å². The predicted octanol–water partition coefficient (Wildman–Crippen LogP) is 7.10. The van der Waals surface area contributed by atoms with Gasteiger partial charge in [0.25, 0.3) is 0 Å². The minimum absolute atomic E-state index is 0.0142. The summed E-state index contributed by atoms with van der Waals surface area (Å²) in [6.07, 6.45) is 1.69. The Morgan fingerprint density at radius 2 is 1.70 bits per heavy atom. The molecule has 0 amide bonds. The fourth-order valence-corrected chi connectivity index (χ4v) is 4.94. The highest BCUT2D eigenvalue weighted by Gasteiger charge is 2.37. The van der Waals surface area contributed by atoms with Crippen molar-refractivity contribution in [2.75, 3.05) is 0 Å². The van der Waals surface area contributed by atoms with E-state index in [4.69, 9.17) is 4.74 Å². The minimum atomic E-state index is -1.24. The molecule has 0 aliphatic carbocycles. The van der Waals surface area contributed by atoms with Gasteiger partial charge in [-0.05, 0) is 63.1 Å².